The van der Waals surface area contributed by atoms with Crippen LogP contribution < -0.4 is 10.1 Å². The number of halogens is 1. The lowest BCUT2D eigenvalue weighted by atomic mass is 9.94. The van der Waals surface area contributed by atoms with Gasteiger partial charge in [0.2, 0.25) is 0 Å². The van der Waals surface area contributed by atoms with Crippen LogP contribution in [0.5, 0.6) is 5.75 Å². The first-order chi connectivity index (χ1) is 6.76. The molecule has 1 unspecified atom stereocenters. The van der Waals surface area contributed by atoms with E-state index in [2.05, 4.69) is 5.32 Å². The average molecular weight is 195 g/mol. The summed E-state index contributed by atoms with van der Waals surface area (Å²) >= 11 is 0. The standard InChI is InChI=1S/C11H14FNO/c1-14-10-5-3-2-4-9(10)11(12)6-7-13-8-11/h2-5,13H,6-8H2,1H3. The lowest BCUT2D eigenvalue weighted by Gasteiger charge is -2.21. The van der Waals surface area contributed by atoms with Crippen LogP contribution in [0.3, 0.4) is 0 Å². The van der Waals surface area contributed by atoms with Crippen LogP contribution in [-0.2, 0) is 5.67 Å². The molecule has 0 aromatic heterocycles. The van der Waals surface area contributed by atoms with Crippen molar-refractivity contribution in [1.82, 2.24) is 5.32 Å². The molecule has 0 saturated carbocycles. The fourth-order valence-electron chi connectivity index (χ4n) is 1.91. The van der Waals surface area contributed by atoms with Gasteiger partial charge in [-0.05, 0) is 19.0 Å². The highest BCUT2D eigenvalue weighted by molar-refractivity contribution is 5.39. The lowest BCUT2D eigenvalue weighted by Crippen LogP contribution is -2.23. The van der Waals surface area contributed by atoms with Crippen molar-refractivity contribution in [3.8, 4) is 5.75 Å². The Kier molecular flexibility index (Phi) is 2.42. The zero-order valence-corrected chi connectivity index (χ0v) is 8.22. The predicted molar refractivity (Wildman–Crippen MR) is 53.3 cm³/mol. The van der Waals surface area contributed by atoms with Gasteiger partial charge in [0.1, 0.15) is 5.75 Å². The highest BCUT2D eigenvalue weighted by Gasteiger charge is 2.37. The van der Waals surface area contributed by atoms with Crippen LogP contribution in [0.15, 0.2) is 24.3 Å². The van der Waals surface area contributed by atoms with E-state index in [0.717, 1.165) is 6.54 Å². The molecule has 1 aliphatic rings. The number of ether oxygens (including phenoxy) is 1. The van der Waals surface area contributed by atoms with Crippen molar-refractivity contribution in [3.05, 3.63) is 29.8 Å². The monoisotopic (exact) mass is 195 g/mol. The Hall–Kier alpha value is -1.09. The number of para-hydroxylation sites is 1. The molecule has 14 heavy (non-hydrogen) atoms. The minimum absolute atomic E-state index is 0.382. The summed E-state index contributed by atoms with van der Waals surface area (Å²) in [7, 11) is 1.57. The second-order valence-electron chi connectivity index (χ2n) is 3.59. The zero-order chi connectivity index (χ0) is 10.0. The molecule has 1 N–H and O–H groups in total. The number of alkyl halides is 1. The van der Waals surface area contributed by atoms with Gasteiger partial charge < -0.3 is 10.1 Å². The highest BCUT2D eigenvalue weighted by Crippen LogP contribution is 2.37. The Morgan fingerprint density at radius 2 is 2.21 bits per heavy atom. The summed E-state index contributed by atoms with van der Waals surface area (Å²) in [4.78, 5) is 0. The second kappa shape index (κ2) is 3.58. The van der Waals surface area contributed by atoms with E-state index in [-0.39, 0.29) is 0 Å². The molecule has 0 aliphatic carbocycles. The van der Waals surface area contributed by atoms with Crippen molar-refractivity contribution >= 4 is 0 Å². The van der Waals surface area contributed by atoms with E-state index < -0.39 is 5.67 Å². The molecule has 2 nitrogen and oxygen atoms in total. The molecule has 0 spiro atoms. The third kappa shape index (κ3) is 1.48. The van der Waals surface area contributed by atoms with Crippen molar-refractivity contribution < 1.29 is 9.13 Å². The largest absolute Gasteiger partial charge is 0.496 e. The minimum Gasteiger partial charge on any atom is -0.496 e. The third-order valence-electron chi connectivity index (χ3n) is 2.69. The second-order valence-corrected chi connectivity index (χ2v) is 3.59. The maximum Gasteiger partial charge on any atom is 0.153 e. The Morgan fingerprint density at radius 3 is 2.86 bits per heavy atom. The van der Waals surface area contributed by atoms with Crippen molar-refractivity contribution in [2.45, 2.75) is 12.1 Å². The Morgan fingerprint density at radius 1 is 1.43 bits per heavy atom. The van der Waals surface area contributed by atoms with E-state index >= 15 is 0 Å². The first-order valence-electron chi connectivity index (χ1n) is 4.79. The van der Waals surface area contributed by atoms with E-state index in [9.17, 15) is 4.39 Å². The smallest absolute Gasteiger partial charge is 0.153 e. The number of nitrogens with one attached hydrogen (secondary N) is 1. The lowest BCUT2D eigenvalue weighted by molar-refractivity contribution is 0.187. The Bertz CT molecular complexity index is 321. The molecule has 0 amide bonds. The molecular formula is C11H14FNO. The topological polar surface area (TPSA) is 21.3 Å². The molecule has 1 saturated heterocycles. The maximum absolute atomic E-state index is 14.3. The van der Waals surface area contributed by atoms with Gasteiger partial charge in [-0.3, -0.25) is 0 Å². The molecule has 0 radical (unpaired) electrons. The summed E-state index contributed by atoms with van der Waals surface area (Å²) in [5.41, 5.74) is -0.598. The van der Waals surface area contributed by atoms with Gasteiger partial charge in [0.25, 0.3) is 0 Å². The molecule has 1 aromatic rings. The van der Waals surface area contributed by atoms with Gasteiger partial charge >= 0.3 is 0 Å². The normalized spacial score (nSPS) is 26.4. The number of methoxy groups -OCH3 is 1. The van der Waals surface area contributed by atoms with Gasteiger partial charge in [-0.15, -0.1) is 0 Å². The van der Waals surface area contributed by atoms with Crippen molar-refractivity contribution in [1.29, 1.82) is 0 Å². The molecule has 1 heterocycles. The van der Waals surface area contributed by atoms with E-state index in [4.69, 9.17) is 4.74 Å². The van der Waals surface area contributed by atoms with Crippen LogP contribution in [0.25, 0.3) is 0 Å². The highest BCUT2D eigenvalue weighted by atomic mass is 19.1. The molecule has 76 valence electrons. The van der Waals surface area contributed by atoms with Crippen LogP contribution in [0, 0.1) is 0 Å². The first kappa shape index (κ1) is 9.46. The minimum atomic E-state index is -1.26. The van der Waals surface area contributed by atoms with Gasteiger partial charge in [-0.25, -0.2) is 4.39 Å². The number of hydrogen-bond acceptors (Lipinski definition) is 2. The zero-order valence-electron chi connectivity index (χ0n) is 8.22. The Labute approximate surface area is 83.1 Å². The summed E-state index contributed by atoms with van der Waals surface area (Å²) in [6, 6.07) is 7.30. The molecular weight excluding hydrogens is 181 g/mol. The van der Waals surface area contributed by atoms with Gasteiger partial charge in [-0.2, -0.15) is 0 Å². The van der Waals surface area contributed by atoms with Crippen LogP contribution in [0.2, 0.25) is 0 Å². The van der Waals surface area contributed by atoms with E-state index in [1.165, 1.54) is 0 Å². The predicted octanol–water partition coefficient (Wildman–Crippen LogP) is 1.85. The van der Waals surface area contributed by atoms with E-state index in [0.29, 0.717) is 24.3 Å². The quantitative estimate of drug-likeness (QED) is 0.777. The molecule has 1 aromatic carbocycles. The van der Waals surface area contributed by atoms with Gasteiger partial charge in [0, 0.05) is 12.1 Å². The van der Waals surface area contributed by atoms with E-state index in [1.54, 1.807) is 19.2 Å². The molecule has 1 aliphatic heterocycles. The fourth-order valence-corrected chi connectivity index (χ4v) is 1.91. The fraction of sp³-hybridized carbons (Fsp3) is 0.455. The summed E-state index contributed by atoms with van der Waals surface area (Å²) < 4.78 is 19.5. The summed E-state index contributed by atoms with van der Waals surface area (Å²) in [5, 5.41) is 3.03. The first-order valence-corrected chi connectivity index (χ1v) is 4.79. The number of hydrogen-bond donors (Lipinski definition) is 1. The molecule has 2 rings (SSSR count). The average Bonchev–Trinajstić information content (AvgIpc) is 2.66. The van der Waals surface area contributed by atoms with Gasteiger partial charge in [-0.1, -0.05) is 18.2 Å². The van der Waals surface area contributed by atoms with Crippen LogP contribution in [0.4, 0.5) is 4.39 Å². The molecule has 1 fully saturated rings. The molecule has 0 bridgehead atoms. The van der Waals surface area contributed by atoms with Gasteiger partial charge in [0.05, 0.1) is 7.11 Å². The number of rotatable bonds is 2. The maximum atomic E-state index is 14.3. The van der Waals surface area contributed by atoms with Crippen LogP contribution in [-0.4, -0.2) is 20.2 Å². The van der Waals surface area contributed by atoms with E-state index in [1.807, 2.05) is 12.1 Å². The summed E-state index contributed by atoms with van der Waals surface area (Å²) in [6.45, 7) is 1.11. The van der Waals surface area contributed by atoms with Gasteiger partial charge in [0.15, 0.2) is 5.67 Å². The third-order valence-corrected chi connectivity index (χ3v) is 2.69. The van der Waals surface area contributed by atoms with Crippen molar-refractivity contribution in [2.24, 2.45) is 0 Å². The molecule has 1 atom stereocenters. The number of benzene rings is 1. The summed E-state index contributed by atoms with van der Waals surface area (Å²) in [6.07, 6.45) is 0.521. The van der Waals surface area contributed by atoms with Crippen molar-refractivity contribution in [3.63, 3.8) is 0 Å². The van der Waals surface area contributed by atoms with Crippen molar-refractivity contribution in [2.75, 3.05) is 20.2 Å². The Balaban J connectivity index is 2.39. The van der Waals surface area contributed by atoms with Crippen LogP contribution >= 0.6 is 0 Å². The molecule has 3 heteroatoms. The summed E-state index contributed by atoms with van der Waals surface area (Å²) in [5.74, 6) is 0.638. The van der Waals surface area contributed by atoms with Crippen LogP contribution in [0.1, 0.15) is 12.0 Å². The SMILES string of the molecule is COc1ccccc1C1(F)CCNC1.